The molecule has 0 saturated carbocycles. The molecule has 0 aliphatic heterocycles. The molecule has 0 aliphatic carbocycles. The maximum Gasteiger partial charge on any atom is 0.119 e. The van der Waals surface area contributed by atoms with Gasteiger partial charge >= 0.3 is 0 Å². The van der Waals surface area contributed by atoms with Crippen LogP contribution in [0.5, 0.6) is 5.75 Å². The molecule has 10 heavy (non-hydrogen) atoms. The molecule has 0 aliphatic rings. The van der Waals surface area contributed by atoms with Gasteiger partial charge in [0.25, 0.3) is 0 Å². The standard InChI is InChI=1S/C8H10NO/c1-2-10-8-5-3-7(9)4-6-8/h3-6,9H,2H2,1H3. The summed E-state index contributed by atoms with van der Waals surface area (Å²) in [5.41, 5.74) is 7.69. The predicted octanol–water partition coefficient (Wildman–Crippen LogP) is 2.00. The molecule has 0 amide bonds. The number of ether oxygens (including phenoxy) is 1. The van der Waals surface area contributed by atoms with Crippen molar-refractivity contribution in [2.45, 2.75) is 6.92 Å². The molecule has 53 valence electrons. The summed E-state index contributed by atoms with van der Waals surface area (Å²) in [4.78, 5) is 0. The minimum Gasteiger partial charge on any atom is -0.494 e. The van der Waals surface area contributed by atoms with Gasteiger partial charge in [0.05, 0.1) is 12.3 Å². The Balaban J connectivity index is 2.69. The van der Waals surface area contributed by atoms with E-state index < -0.39 is 0 Å². The fourth-order valence-electron chi connectivity index (χ4n) is 0.718. The van der Waals surface area contributed by atoms with Gasteiger partial charge in [-0.2, -0.15) is 0 Å². The predicted molar refractivity (Wildman–Crippen MR) is 40.4 cm³/mol. The van der Waals surface area contributed by atoms with Crippen LogP contribution in [0.1, 0.15) is 6.92 Å². The van der Waals surface area contributed by atoms with Crippen LogP contribution in [-0.4, -0.2) is 6.61 Å². The van der Waals surface area contributed by atoms with Gasteiger partial charge in [-0.15, -0.1) is 0 Å². The van der Waals surface area contributed by atoms with Gasteiger partial charge in [-0.1, -0.05) is 0 Å². The van der Waals surface area contributed by atoms with E-state index in [9.17, 15) is 0 Å². The molecular formula is C8H10NO. The lowest BCUT2D eigenvalue weighted by Gasteiger charge is -2.00. The zero-order chi connectivity index (χ0) is 7.40. The Morgan fingerprint density at radius 2 is 1.90 bits per heavy atom. The summed E-state index contributed by atoms with van der Waals surface area (Å²) in [6.45, 7) is 2.62. The molecule has 0 saturated heterocycles. The highest BCUT2D eigenvalue weighted by molar-refractivity contribution is 5.38. The van der Waals surface area contributed by atoms with Crippen molar-refractivity contribution >= 4 is 5.69 Å². The molecule has 0 spiro atoms. The Labute approximate surface area is 60.6 Å². The molecule has 1 aromatic carbocycles. The normalized spacial score (nSPS) is 9.30. The number of nitrogens with one attached hydrogen (secondary N) is 1. The zero-order valence-electron chi connectivity index (χ0n) is 5.92. The van der Waals surface area contributed by atoms with Crippen LogP contribution in [0.25, 0.3) is 0 Å². The van der Waals surface area contributed by atoms with E-state index in [0.29, 0.717) is 12.3 Å². The van der Waals surface area contributed by atoms with Crippen molar-refractivity contribution in [1.82, 2.24) is 5.73 Å². The van der Waals surface area contributed by atoms with Crippen LogP contribution in [-0.2, 0) is 0 Å². The van der Waals surface area contributed by atoms with Gasteiger partial charge in [0.15, 0.2) is 0 Å². The first kappa shape index (κ1) is 6.93. The smallest absolute Gasteiger partial charge is 0.119 e. The van der Waals surface area contributed by atoms with Crippen LogP contribution in [0, 0.1) is 0 Å². The summed E-state index contributed by atoms with van der Waals surface area (Å²) in [5.74, 6) is 0.832. The molecule has 0 aromatic heterocycles. The Kier molecular flexibility index (Phi) is 2.15. The van der Waals surface area contributed by atoms with Gasteiger partial charge < -0.3 is 10.5 Å². The van der Waals surface area contributed by atoms with Crippen molar-refractivity contribution < 1.29 is 4.74 Å². The highest BCUT2D eigenvalue weighted by Gasteiger charge is 1.88. The fourth-order valence-corrected chi connectivity index (χ4v) is 0.718. The maximum absolute atomic E-state index is 7.17. The molecule has 0 unspecified atom stereocenters. The number of hydrogen-bond donors (Lipinski definition) is 0. The van der Waals surface area contributed by atoms with E-state index in [-0.39, 0.29) is 0 Å². The minimum atomic E-state index is 0.517. The SMILES string of the molecule is CCOc1ccc([NH])cc1. The lowest BCUT2D eigenvalue weighted by molar-refractivity contribution is 0.340. The molecule has 1 aromatic rings. The molecule has 2 heteroatoms. The largest absolute Gasteiger partial charge is 0.494 e. The van der Waals surface area contributed by atoms with Crippen molar-refractivity contribution in [2.24, 2.45) is 0 Å². The van der Waals surface area contributed by atoms with E-state index in [2.05, 4.69) is 0 Å². The van der Waals surface area contributed by atoms with Gasteiger partial charge in [0.2, 0.25) is 0 Å². The average Bonchev–Trinajstić information content (AvgIpc) is 1.95. The highest BCUT2D eigenvalue weighted by Crippen LogP contribution is 2.13. The Hall–Kier alpha value is -1.18. The van der Waals surface area contributed by atoms with Crippen LogP contribution in [0.4, 0.5) is 5.69 Å². The van der Waals surface area contributed by atoms with Crippen molar-refractivity contribution in [3.05, 3.63) is 24.3 Å². The summed E-state index contributed by atoms with van der Waals surface area (Å²) in [6, 6.07) is 7.02. The summed E-state index contributed by atoms with van der Waals surface area (Å²) in [6.07, 6.45) is 0. The second-order valence-corrected chi connectivity index (χ2v) is 1.96. The summed E-state index contributed by atoms with van der Waals surface area (Å²) in [5, 5.41) is 0. The van der Waals surface area contributed by atoms with Crippen molar-refractivity contribution in [1.29, 1.82) is 0 Å². The quantitative estimate of drug-likeness (QED) is 0.612. The molecule has 1 radical (unpaired) electrons. The fraction of sp³-hybridized carbons (Fsp3) is 0.250. The molecule has 0 fully saturated rings. The van der Waals surface area contributed by atoms with Gasteiger partial charge in [-0.05, 0) is 31.2 Å². The zero-order valence-corrected chi connectivity index (χ0v) is 5.92. The van der Waals surface area contributed by atoms with Crippen LogP contribution in [0.15, 0.2) is 24.3 Å². The van der Waals surface area contributed by atoms with Crippen LogP contribution in [0.3, 0.4) is 0 Å². The average molecular weight is 136 g/mol. The maximum atomic E-state index is 7.17. The Bertz CT molecular complexity index is 193. The topological polar surface area (TPSA) is 33.0 Å². The summed E-state index contributed by atoms with van der Waals surface area (Å²) >= 11 is 0. The van der Waals surface area contributed by atoms with Gasteiger partial charge in [-0.3, -0.25) is 0 Å². The highest BCUT2D eigenvalue weighted by atomic mass is 16.5. The lowest BCUT2D eigenvalue weighted by atomic mass is 10.3. The van der Waals surface area contributed by atoms with E-state index in [4.69, 9.17) is 10.5 Å². The van der Waals surface area contributed by atoms with Crippen LogP contribution >= 0.6 is 0 Å². The molecular weight excluding hydrogens is 126 g/mol. The minimum absolute atomic E-state index is 0.517. The third-order valence-electron chi connectivity index (χ3n) is 1.17. The van der Waals surface area contributed by atoms with Crippen molar-refractivity contribution in [3.63, 3.8) is 0 Å². The van der Waals surface area contributed by atoms with E-state index >= 15 is 0 Å². The summed E-state index contributed by atoms with van der Waals surface area (Å²) < 4.78 is 5.18. The van der Waals surface area contributed by atoms with Gasteiger partial charge in [0.1, 0.15) is 5.75 Å². The second kappa shape index (κ2) is 3.11. The molecule has 0 atom stereocenters. The first-order valence-corrected chi connectivity index (χ1v) is 3.27. The number of benzene rings is 1. The molecule has 1 N–H and O–H groups in total. The third kappa shape index (κ3) is 1.65. The van der Waals surface area contributed by atoms with Crippen LogP contribution < -0.4 is 10.5 Å². The van der Waals surface area contributed by atoms with E-state index in [1.807, 2.05) is 6.92 Å². The number of rotatable bonds is 2. The third-order valence-corrected chi connectivity index (χ3v) is 1.17. The van der Waals surface area contributed by atoms with E-state index in [0.717, 1.165) is 5.75 Å². The summed E-state index contributed by atoms with van der Waals surface area (Å²) in [7, 11) is 0. The second-order valence-electron chi connectivity index (χ2n) is 1.96. The van der Waals surface area contributed by atoms with E-state index in [1.54, 1.807) is 24.3 Å². The first-order valence-electron chi connectivity index (χ1n) is 3.27. The van der Waals surface area contributed by atoms with Gasteiger partial charge in [0, 0.05) is 0 Å². The molecule has 0 heterocycles. The van der Waals surface area contributed by atoms with Crippen molar-refractivity contribution in [3.8, 4) is 5.75 Å². The van der Waals surface area contributed by atoms with E-state index in [1.165, 1.54) is 0 Å². The molecule has 1 rings (SSSR count). The monoisotopic (exact) mass is 136 g/mol. The Morgan fingerprint density at radius 3 is 2.40 bits per heavy atom. The van der Waals surface area contributed by atoms with Crippen molar-refractivity contribution in [2.75, 3.05) is 6.61 Å². The first-order chi connectivity index (χ1) is 4.83. The molecule has 2 nitrogen and oxygen atoms in total. The molecule has 0 bridgehead atoms. The Morgan fingerprint density at radius 1 is 1.30 bits per heavy atom. The van der Waals surface area contributed by atoms with Crippen LogP contribution in [0.2, 0.25) is 0 Å². The lowest BCUT2D eigenvalue weighted by Crippen LogP contribution is -1.89. The van der Waals surface area contributed by atoms with Gasteiger partial charge in [-0.25, -0.2) is 0 Å². The number of hydrogen-bond acceptors (Lipinski definition) is 1.